The average Bonchev–Trinajstić information content (AvgIpc) is 2.47. The third-order valence-corrected chi connectivity index (χ3v) is 4.62. The van der Waals surface area contributed by atoms with Crippen molar-refractivity contribution in [2.24, 2.45) is 0 Å². The second-order valence-electron chi connectivity index (χ2n) is 5.30. The Bertz CT molecular complexity index is 450. The summed E-state index contributed by atoms with van der Waals surface area (Å²) in [4.78, 5) is 12.3. The van der Waals surface area contributed by atoms with Gasteiger partial charge in [-0.05, 0) is 42.4 Å². The lowest BCUT2D eigenvalue weighted by molar-refractivity contribution is -0.123. The molecule has 0 radical (unpaired) electrons. The van der Waals surface area contributed by atoms with Crippen LogP contribution in [0, 0.1) is 0 Å². The van der Waals surface area contributed by atoms with Gasteiger partial charge in [-0.1, -0.05) is 31.2 Å². The third kappa shape index (κ3) is 4.25. The van der Waals surface area contributed by atoms with Crippen LogP contribution in [0.4, 0.5) is 0 Å². The number of hydrogen-bond acceptors (Lipinski definition) is 3. The van der Waals surface area contributed by atoms with Crippen LogP contribution in [-0.4, -0.2) is 29.5 Å². The highest BCUT2D eigenvalue weighted by Gasteiger charge is 2.24. The summed E-state index contributed by atoms with van der Waals surface area (Å²) < 4.78 is 0. The fourth-order valence-electron chi connectivity index (χ4n) is 2.46. The molecule has 3 nitrogen and oxygen atoms in total. The number of amides is 1. The molecule has 1 aromatic carbocycles. The zero-order valence-corrected chi connectivity index (χ0v) is 13.1. The predicted molar refractivity (Wildman–Crippen MR) is 86.0 cm³/mol. The largest absolute Gasteiger partial charge is 0.352 e. The molecule has 4 heteroatoms. The summed E-state index contributed by atoms with van der Waals surface area (Å²) >= 11 is 1.92. The van der Waals surface area contributed by atoms with Crippen LogP contribution in [-0.2, 0) is 17.8 Å². The van der Waals surface area contributed by atoms with Gasteiger partial charge in [-0.2, -0.15) is 11.8 Å². The molecule has 0 fully saturated rings. The summed E-state index contributed by atoms with van der Waals surface area (Å²) in [6.45, 7) is 5.04. The smallest absolute Gasteiger partial charge is 0.237 e. The van der Waals surface area contributed by atoms with Crippen molar-refractivity contribution in [2.75, 3.05) is 11.5 Å². The van der Waals surface area contributed by atoms with Gasteiger partial charge in [-0.3, -0.25) is 4.79 Å². The van der Waals surface area contributed by atoms with E-state index in [1.165, 1.54) is 11.1 Å². The Labute approximate surface area is 125 Å². The number of fused-ring (bicyclic) bond motifs is 1. The minimum absolute atomic E-state index is 0.0915. The van der Waals surface area contributed by atoms with Crippen molar-refractivity contribution in [1.29, 1.82) is 0 Å². The lowest BCUT2D eigenvalue weighted by Crippen LogP contribution is -2.49. The van der Waals surface area contributed by atoms with Crippen LogP contribution >= 0.6 is 11.8 Å². The summed E-state index contributed by atoms with van der Waals surface area (Å²) in [5.41, 5.74) is 2.60. The normalized spacial score (nSPS) is 19.2. The number of carbonyl (C=O) groups is 1. The molecule has 20 heavy (non-hydrogen) atoms. The fourth-order valence-corrected chi connectivity index (χ4v) is 3.27. The van der Waals surface area contributed by atoms with E-state index < -0.39 is 0 Å². The molecular weight excluding hydrogens is 268 g/mol. The van der Waals surface area contributed by atoms with E-state index in [0.717, 1.165) is 30.9 Å². The van der Waals surface area contributed by atoms with E-state index in [1.807, 2.05) is 23.9 Å². The second-order valence-corrected chi connectivity index (χ2v) is 6.70. The third-order valence-electron chi connectivity index (χ3n) is 3.69. The van der Waals surface area contributed by atoms with Crippen molar-refractivity contribution in [2.45, 2.75) is 45.3 Å². The lowest BCUT2D eigenvalue weighted by atomic mass is 9.95. The van der Waals surface area contributed by atoms with Crippen LogP contribution in [0.2, 0.25) is 0 Å². The first kappa shape index (κ1) is 15.4. The van der Waals surface area contributed by atoms with Gasteiger partial charge in [0.1, 0.15) is 0 Å². The SMILES string of the molecule is CCSCCC(C)NC(=O)C1Cc2ccccc2CN1. The Morgan fingerprint density at radius 2 is 2.20 bits per heavy atom. The molecule has 110 valence electrons. The molecule has 1 amide bonds. The van der Waals surface area contributed by atoms with Crippen LogP contribution in [0.1, 0.15) is 31.4 Å². The highest BCUT2D eigenvalue weighted by atomic mass is 32.2. The minimum Gasteiger partial charge on any atom is -0.352 e. The van der Waals surface area contributed by atoms with Crippen molar-refractivity contribution in [3.05, 3.63) is 35.4 Å². The van der Waals surface area contributed by atoms with E-state index in [4.69, 9.17) is 0 Å². The number of hydrogen-bond donors (Lipinski definition) is 2. The first-order valence-corrected chi connectivity index (χ1v) is 8.54. The summed E-state index contributed by atoms with van der Waals surface area (Å²) in [6.07, 6.45) is 1.83. The number of thioether (sulfide) groups is 1. The Hall–Kier alpha value is -1.00. The quantitative estimate of drug-likeness (QED) is 0.791. The van der Waals surface area contributed by atoms with Gasteiger partial charge in [0.05, 0.1) is 6.04 Å². The Morgan fingerprint density at radius 1 is 1.45 bits per heavy atom. The zero-order valence-electron chi connectivity index (χ0n) is 12.3. The molecule has 0 spiro atoms. The van der Waals surface area contributed by atoms with Crippen molar-refractivity contribution in [3.63, 3.8) is 0 Å². The van der Waals surface area contributed by atoms with Crippen molar-refractivity contribution >= 4 is 17.7 Å². The Kier molecular flexibility index (Phi) is 5.92. The van der Waals surface area contributed by atoms with Crippen molar-refractivity contribution in [1.82, 2.24) is 10.6 Å². The van der Waals surface area contributed by atoms with Crippen LogP contribution in [0.5, 0.6) is 0 Å². The van der Waals surface area contributed by atoms with Gasteiger partial charge in [0.25, 0.3) is 0 Å². The summed E-state index contributed by atoms with van der Waals surface area (Å²) in [5, 5.41) is 6.45. The minimum atomic E-state index is -0.0915. The molecule has 0 aromatic heterocycles. The summed E-state index contributed by atoms with van der Waals surface area (Å²) in [7, 11) is 0. The molecule has 1 aliphatic heterocycles. The van der Waals surface area contributed by atoms with E-state index in [9.17, 15) is 4.79 Å². The van der Waals surface area contributed by atoms with Crippen LogP contribution in [0.15, 0.2) is 24.3 Å². The molecule has 1 aromatic rings. The summed E-state index contributed by atoms with van der Waals surface area (Å²) in [6, 6.07) is 8.50. The van der Waals surface area contributed by atoms with Crippen LogP contribution < -0.4 is 10.6 Å². The van der Waals surface area contributed by atoms with Crippen LogP contribution in [0.25, 0.3) is 0 Å². The van der Waals surface area contributed by atoms with Crippen molar-refractivity contribution < 1.29 is 4.79 Å². The van der Waals surface area contributed by atoms with Crippen molar-refractivity contribution in [3.8, 4) is 0 Å². The van der Waals surface area contributed by atoms with E-state index >= 15 is 0 Å². The van der Waals surface area contributed by atoms with Gasteiger partial charge in [0, 0.05) is 12.6 Å². The number of nitrogens with one attached hydrogen (secondary N) is 2. The Balaban J connectivity index is 1.82. The number of carbonyl (C=O) groups excluding carboxylic acids is 1. The topological polar surface area (TPSA) is 41.1 Å². The molecule has 2 atom stereocenters. The van der Waals surface area contributed by atoms with Gasteiger partial charge in [0.2, 0.25) is 5.91 Å². The average molecular weight is 292 g/mol. The van der Waals surface area contributed by atoms with E-state index in [0.29, 0.717) is 0 Å². The second kappa shape index (κ2) is 7.70. The first-order chi connectivity index (χ1) is 9.70. The van der Waals surface area contributed by atoms with Crippen LogP contribution in [0.3, 0.4) is 0 Å². The van der Waals surface area contributed by atoms with Gasteiger partial charge in [-0.25, -0.2) is 0 Å². The molecule has 0 saturated heterocycles. The molecule has 2 rings (SSSR count). The summed E-state index contributed by atoms with van der Waals surface area (Å²) in [5.74, 6) is 2.38. The molecule has 0 saturated carbocycles. The van der Waals surface area contributed by atoms with Gasteiger partial charge in [0.15, 0.2) is 0 Å². The van der Waals surface area contributed by atoms with E-state index in [2.05, 4.69) is 36.6 Å². The van der Waals surface area contributed by atoms with Gasteiger partial charge >= 0.3 is 0 Å². The molecule has 0 aliphatic carbocycles. The van der Waals surface area contributed by atoms with Gasteiger partial charge < -0.3 is 10.6 Å². The highest BCUT2D eigenvalue weighted by Crippen LogP contribution is 2.16. The first-order valence-electron chi connectivity index (χ1n) is 7.39. The fraction of sp³-hybridized carbons (Fsp3) is 0.562. The standard InChI is InChI=1S/C16H24N2OS/c1-3-20-9-8-12(2)18-16(19)15-10-13-6-4-5-7-14(13)11-17-15/h4-7,12,15,17H,3,8-11H2,1-2H3,(H,18,19). The zero-order chi connectivity index (χ0) is 14.4. The Morgan fingerprint density at radius 3 is 2.95 bits per heavy atom. The number of benzene rings is 1. The lowest BCUT2D eigenvalue weighted by Gasteiger charge is -2.26. The van der Waals surface area contributed by atoms with E-state index in [-0.39, 0.29) is 18.0 Å². The monoisotopic (exact) mass is 292 g/mol. The maximum Gasteiger partial charge on any atom is 0.237 e. The molecule has 0 bridgehead atoms. The maximum absolute atomic E-state index is 12.3. The number of rotatable bonds is 6. The van der Waals surface area contributed by atoms with E-state index in [1.54, 1.807) is 0 Å². The molecule has 2 N–H and O–H groups in total. The van der Waals surface area contributed by atoms with Gasteiger partial charge in [-0.15, -0.1) is 0 Å². The molecule has 1 heterocycles. The predicted octanol–water partition coefficient (Wildman–Crippen LogP) is 2.35. The molecular formula is C16H24N2OS. The maximum atomic E-state index is 12.3. The molecule has 2 unspecified atom stereocenters. The highest BCUT2D eigenvalue weighted by molar-refractivity contribution is 7.99. The molecule has 1 aliphatic rings.